The highest BCUT2D eigenvalue weighted by Gasteiger charge is 2.16. The predicted octanol–water partition coefficient (Wildman–Crippen LogP) is 4.62. The Morgan fingerprint density at radius 2 is 1.74 bits per heavy atom. The van der Waals surface area contributed by atoms with Crippen molar-refractivity contribution >= 4 is 22.9 Å². The van der Waals surface area contributed by atoms with Crippen LogP contribution in [-0.4, -0.2) is 52.9 Å². The molecule has 0 spiro atoms. The van der Waals surface area contributed by atoms with E-state index < -0.39 is 0 Å². The van der Waals surface area contributed by atoms with Crippen LogP contribution in [0.5, 0.6) is 5.75 Å². The quantitative estimate of drug-likeness (QED) is 0.428. The van der Waals surface area contributed by atoms with Gasteiger partial charge in [0.2, 0.25) is 0 Å². The molecule has 0 aliphatic carbocycles. The number of piperazine rings is 1. The molecule has 0 atom stereocenters. The summed E-state index contributed by atoms with van der Waals surface area (Å²) in [5, 5.41) is 2.98. The molecule has 1 aliphatic heterocycles. The molecule has 0 bridgehead atoms. The Balaban J connectivity index is 1.15. The third-order valence-corrected chi connectivity index (χ3v) is 6.54. The average molecular weight is 470 g/mol. The smallest absolute Gasteiger partial charge is 0.255 e. The van der Waals surface area contributed by atoms with E-state index in [1.807, 2.05) is 60.1 Å². The molecule has 1 N–H and O–H groups in total. The number of rotatable bonds is 7. The third kappa shape index (κ3) is 5.30. The van der Waals surface area contributed by atoms with E-state index in [0.29, 0.717) is 17.9 Å². The zero-order valence-electron chi connectivity index (χ0n) is 20.3. The minimum atomic E-state index is -0.142. The van der Waals surface area contributed by atoms with E-state index in [2.05, 4.69) is 39.2 Å². The summed E-state index contributed by atoms with van der Waals surface area (Å²) >= 11 is 0. The number of fused-ring (bicyclic) bond motifs is 1. The summed E-state index contributed by atoms with van der Waals surface area (Å²) in [7, 11) is 0. The van der Waals surface area contributed by atoms with Gasteiger partial charge in [0.05, 0.1) is 5.69 Å². The minimum absolute atomic E-state index is 0.142. The Labute approximate surface area is 206 Å². The molecule has 180 valence electrons. The Kier molecular flexibility index (Phi) is 6.68. The molecule has 1 aliphatic rings. The lowest BCUT2D eigenvalue weighted by atomic mass is 10.2. The van der Waals surface area contributed by atoms with Crippen molar-refractivity contribution in [1.82, 2.24) is 14.3 Å². The van der Waals surface area contributed by atoms with Gasteiger partial charge in [-0.05, 0) is 73.6 Å². The molecule has 5 rings (SSSR count). The molecule has 0 saturated carbocycles. The first-order chi connectivity index (χ1) is 17.1. The van der Waals surface area contributed by atoms with Crippen LogP contribution in [0.25, 0.3) is 5.65 Å². The minimum Gasteiger partial charge on any atom is -0.487 e. The number of anilines is 2. The maximum absolute atomic E-state index is 12.7. The number of benzene rings is 2. The lowest BCUT2D eigenvalue weighted by Gasteiger charge is -2.35. The van der Waals surface area contributed by atoms with Gasteiger partial charge in [-0.3, -0.25) is 4.79 Å². The third-order valence-electron chi connectivity index (χ3n) is 6.54. The molecule has 2 aromatic heterocycles. The van der Waals surface area contributed by atoms with Gasteiger partial charge in [-0.15, -0.1) is 0 Å². The number of hydrogen-bond donors (Lipinski definition) is 1. The highest BCUT2D eigenvalue weighted by atomic mass is 16.5. The number of aryl methyl sites for hydroxylation is 1. The summed E-state index contributed by atoms with van der Waals surface area (Å²) in [6, 6.07) is 19.3. The van der Waals surface area contributed by atoms with E-state index in [1.54, 1.807) is 12.1 Å². The van der Waals surface area contributed by atoms with Gasteiger partial charge in [-0.2, -0.15) is 0 Å². The zero-order chi connectivity index (χ0) is 24.2. The molecule has 7 nitrogen and oxygen atoms in total. The number of aromatic nitrogens is 2. The van der Waals surface area contributed by atoms with E-state index in [1.165, 1.54) is 5.69 Å². The maximum atomic E-state index is 12.7. The molecule has 3 heterocycles. The second-order valence-corrected chi connectivity index (χ2v) is 8.89. The molecule has 1 amide bonds. The number of nitrogens with one attached hydrogen (secondary N) is 1. The Bertz CT molecular complexity index is 1290. The first-order valence-corrected chi connectivity index (χ1v) is 12.1. The Morgan fingerprint density at radius 3 is 2.43 bits per heavy atom. The van der Waals surface area contributed by atoms with Crippen LogP contribution in [0, 0.1) is 6.92 Å². The van der Waals surface area contributed by atoms with Crippen LogP contribution < -0.4 is 15.0 Å². The second-order valence-electron chi connectivity index (χ2n) is 8.89. The topological polar surface area (TPSA) is 62.1 Å². The largest absolute Gasteiger partial charge is 0.487 e. The first-order valence-electron chi connectivity index (χ1n) is 12.1. The maximum Gasteiger partial charge on any atom is 0.255 e. The summed E-state index contributed by atoms with van der Waals surface area (Å²) in [6.45, 7) is 9.97. The van der Waals surface area contributed by atoms with Crippen LogP contribution in [0.15, 0.2) is 73.1 Å². The fraction of sp³-hybridized carbons (Fsp3) is 0.286. The molecule has 35 heavy (non-hydrogen) atoms. The fourth-order valence-corrected chi connectivity index (χ4v) is 4.41. The van der Waals surface area contributed by atoms with Crippen molar-refractivity contribution in [3.05, 3.63) is 89.9 Å². The summed E-state index contributed by atoms with van der Waals surface area (Å²) < 4.78 is 7.88. The standard InChI is InChI=1S/C28H31N5O2/c1-3-31-15-17-32(18-16-31)25-10-8-23(9-11-25)30-28(34)22-6-12-26(13-7-22)35-20-24-19-33-14-4-5-21(2)27(33)29-24/h4-14,19H,3,15-18,20H2,1-2H3,(H,30,34). The normalized spacial score (nSPS) is 14.3. The van der Waals surface area contributed by atoms with Gasteiger partial charge < -0.3 is 24.3 Å². The van der Waals surface area contributed by atoms with E-state index in [0.717, 1.165) is 55.3 Å². The van der Waals surface area contributed by atoms with Crippen LogP contribution in [-0.2, 0) is 6.61 Å². The van der Waals surface area contributed by atoms with Crippen molar-refractivity contribution in [1.29, 1.82) is 0 Å². The Morgan fingerprint density at radius 1 is 1.00 bits per heavy atom. The van der Waals surface area contributed by atoms with Crippen LogP contribution in [0.1, 0.15) is 28.5 Å². The monoisotopic (exact) mass is 469 g/mol. The first kappa shape index (κ1) is 22.9. The number of carbonyl (C=O) groups is 1. The van der Waals surface area contributed by atoms with Gasteiger partial charge in [-0.1, -0.05) is 13.0 Å². The highest BCUT2D eigenvalue weighted by Crippen LogP contribution is 2.21. The molecule has 1 fully saturated rings. The second kappa shape index (κ2) is 10.2. The van der Waals surface area contributed by atoms with Gasteiger partial charge in [0.15, 0.2) is 0 Å². The summed E-state index contributed by atoms with van der Waals surface area (Å²) in [5.41, 5.74) is 5.48. The number of amides is 1. The number of likely N-dealkylation sites (N-methyl/N-ethyl adjacent to an activating group) is 1. The van der Waals surface area contributed by atoms with E-state index in [-0.39, 0.29) is 5.91 Å². The van der Waals surface area contributed by atoms with Gasteiger partial charge in [-0.25, -0.2) is 4.98 Å². The number of hydrogen-bond acceptors (Lipinski definition) is 5. The van der Waals surface area contributed by atoms with Gasteiger partial charge in [0.1, 0.15) is 18.0 Å². The van der Waals surface area contributed by atoms with Crippen molar-refractivity contribution in [2.75, 3.05) is 42.9 Å². The molecule has 0 unspecified atom stereocenters. The summed E-state index contributed by atoms with van der Waals surface area (Å²) in [5.74, 6) is 0.555. The lowest BCUT2D eigenvalue weighted by Crippen LogP contribution is -2.46. The van der Waals surface area contributed by atoms with Crippen LogP contribution in [0.2, 0.25) is 0 Å². The Hall–Kier alpha value is -3.84. The molecular weight excluding hydrogens is 438 g/mol. The summed E-state index contributed by atoms with van der Waals surface area (Å²) in [6.07, 6.45) is 3.95. The van der Waals surface area contributed by atoms with Crippen molar-refractivity contribution < 1.29 is 9.53 Å². The average Bonchev–Trinajstić information content (AvgIpc) is 3.33. The van der Waals surface area contributed by atoms with Crippen LogP contribution >= 0.6 is 0 Å². The van der Waals surface area contributed by atoms with Gasteiger partial charge in [0.25, 0.3) is 5.91 Å². The lowest BCUT2D eigenvalue weighted by molar-refractivity contribution is 0.102. The number of ether oxygens (including phenoxy) is 1. The molecule has 2 aromatic carbocycles. The number of imidazole rings is 1. The molecule has 4 aromatic rings. The van der Waals surface area contributed by atoms with Crippen LogP contribution in [0.4, 0.5) is 11.4 Å². The molecule has 7 heteroatoms. The van der Waals surface area contributed by atoms with Gasteiger partial charge >= 0.3 is 0 Å². The molecule has 1 saturated heterocycles. The van der Waals surface area contributed by atoms with E-state index in [4.69, 9.17) is 4.74 Å². The van der Waals surface area contributed by atoms with Crippen molar-refractivity contribution in [3.8, 4) is 5.75 Å². The highest BCUT2D eigenvalue weighted by molar-refractivity contribution is 6.04. The molecule has 0 radical (unpaired) electrons. The molecular formula is C28H31N5O2. The van der Waals surface area contributed by atoms with E-state index in [9.17, 15) is 4.79 Å². The zero-order valence-corrected chi connectivity index (χ0v) is 20.3. The van der Waals surface area contributed by atoms with Crippen molar-refractivity contribution in [3.63, 3.8) is 0 Å². The predicted molar refractivity (Wildman–Crippen MR) is 139 cm³/mol. The fourth-order valence-electron chi connectivity index (χ4n) is 4.41. The SMILES string of the molecule is CCN1CCN(c2ccc(NC(=O)c3ccc(OCc4cn5cccc(C)c5n4)cc3)cc2)CC1. The number of pyridine rings is 1. The van der Waals surface area contributed by atoms with E-state index >= 15 is 0 Å². The van der Waals surface area contributed by atoms with Crippen molar-refractivity contribution in [2.45, 2.75) is 20.5 Å². The van der Waals surface area contributed by atoms with Crippen LogP contribution in [0.3, 0.4) is 0 Å². The number of nitrogens with zero attached hydrogens (tertiary/aromatic N) is 4. The number of carbonyl (C=O) groups excluding carboxylic acids is 1. The summed E-state index contributed by atoms with van der Waals surface area (Å²) in [4.78, 5) is 22.2. The van der Waals surface area contributed by atoms with Crippen molar-refractivity contribution in [2.24, 2.45) is 0 Å². The van der Waals surface area contributed by atoms with Gasteiger partial charge in [0, 0.05) is 55.5 Å².